The third-order valence-electron chi connectivity index (χ3n) is 2.66. The molecule has 1 aromatic heterocycles. The summed E-state index contributed by atoms with van der Waals surface area (Å²) in [6, 6.07) is 0. The third-order valence-corrected chi connectivity index (χ3v) is 3.03. The molecule has 2 heterocycles. The Morgan fingerprint density at radius 1 is 1.76 bits per heavy atom. The predicted molar refractivity (Wildman–Crippen MR) is 65.6 cm³/mol. The van der Waals surface area contributed by atoms with Gasteiger partial charge in [0, 0.05) is 19.6 Å². The smallest absolute Gasteiger partial charge is 0.285 e. The van der Waals surface area contributed by atoms with Gasteiger partial charge in [0.1, 0.15) is 5.02 Å². The van der Waals surface area contributed by atoms with Crippen LogP contribution in [0, 0.1) is 0 Å². The number of likely N-dealkylation sites (N-methyl/N-ethyl adjacent to an activating group) is 1. The number of rotatable bonds is 3. The molecular formula is C10H15ClN4O2. The number of H-pyrrole nitrogens is 1. The average Bonchev–Trinajstić information content (AvgIpc) is 2.31. The summed E-state index contributed by atoms with van der Waals surface area (Å²) < 4.78 is 5.59. The first kappa shape index (κ1) is 12.3. The molecule has 0 amide bonds. The van der Waals surface area contributed by atoms with Crippen molar-refractivity contribution in [1.29, 1.82) is 0 Å². The van der Waals surface area contributed by atoms with Gasteiger partial charge in [0.15, 0.2) is 0 Å². The van der Waals surface area contributed by atoms with E-state index in [0.717, 1.165) is 19.7 Å². The van der Waals surface area contributed by atoms with Crippen molar-refractivity contribution >= 4 is 17.3 Å². The molecule has 0 aromatic carbocycles. The van der Waals surface area contributed by atoms with E-state index in [9.17, 15) is 4.79 Å². The van der Waals surface area contributed by atoms with E-state index in [-0.39, 0.29) is 11.1 Å². The van der Waals surface area contributed by atoms with Crippen LogP contribution in [0.5, 0.6) is 0 Å². The van der Waals surface area contributed by atoms with Gasteiger partial charge >= 0.3 is 0 Å². The largest absolute Gasteiger partial charge is 0.380 e. The Labute approximate surface area is 104 Å². The Bertz CT molecular complexity index is 437. The molecule has 1 aliphatic rings. The Morgan fingerprint density at radius 3 is 3.35 bits per heavy atom. The first-order chi connectivity index (χ1) is 8.16. The van der Waals surface area contributed by atoms with Gasteiger partial charge in [0.25, 0.3) is 5.56 Å². The minimum atomic E-state index is -0.390. The predicted octanol–water partition coefficient (Wildman–Crippen LogP) is 0.166. The first-order valence-corrected chi connectivity index (χ1v) is 5.82. The van der Waals surface area contributed by atoms with Gasteiger partial charge in [0.05, 0.1) is 24.6 Å². The molecule has 7 heteroatoms. The highest BCUT2D eigenvalue weighted by atomic mass is 35.5. The molecule has 17 heavy (non-hydrogen) atoms. The average molecular weight is 259 g/mol. The quantitative estimate of drug-likeness (QED) is 0.809. The van der Waals surface area contributed by atoms with Gasteiger partial charge in [-0.25, -0.2) is 5.10 Å². The zero-order valence-electron chi connectivity index (χ0n) is 9.57. The Balaban J connectivity index is 1.93. The molecule has 0 aliphatic carbocycles. The molecule has 0 spiro atoms. The van der Waals surface area contributed by atoms with E-state index in [0.29, 0.717) is 12.2 Å². The zero-order valence-corrected chi connectivity index (χ0v) is 10.3. The number of nitrogens with zero attached hydrogens (tertiary/aromatic N) is 2. The minimum absolute atomic E-state index is 0.101. The van der Waals surface area contributed by atoms with E-state index in [4.69, 9.17) is 16.3 Å². The number of morpholine rings is 1. The van der Waals surface area contributed by atoms with E-state index in [2.05, 4.69) is 27.5 Å². The van der Waals surface area contributed by atoms with Gasteiger partial charge in [-0.15, -0.1) is 0 Å². The van der Waals surface area contributed by atoms with Crippen LogP contribution in [0.25, 0.3) is 0 Å². The molecule has 1 aromatic rings. The summed E-state index contributed by atoms with van der Waals surface area (Å²) in [5, 5.41) is 9.16. The Hall–Kier alpha value is -1.11. The molecule has 0 saturated carbocycles. The Morgan fingerprint density at radius 2 is 2.59 bits per heavy atom. The van der Waals surface area contributed by atoms with Crippen molar-refractivity contribution in [2.24, 2.45) is 0 Å². The van der Waals surface area contributed by atoms with Crippen molar-refractivity contribution in [3.63, 3.8) is 0 Å². The molecule has 6 nitrogen and oxygen atoms in total. The van der Waals surface area contributed by atoms with Crippen molar-refractivity contribution < 1.29 is 4.74 Å². The van der Waals surface area contributed by atoms with Crippen LogP contribution in [0.2, 0.25) is 5.02 Å². The highest BCUT2D eigenvalue weighted by molar-refractivity contribution is 6.32. The van der Waals surface area contributed by atoms with Crippen molar-refractivity contribution in [1.82, 2.24) is 15.1 Å². The number of halogens is 1. The fourth-order valence-electron chi connectivity index (χ4n) is 1.72. The number of nitrogens with one attached hydrogen (secondary N) is 2. The summed E-state index contributed by atoms with van der Waals surface area (Å²) in [7, 11) is 2.05. The van der Waals surface area contributed by atoms with Crippen LogP contribution in [-0.2, 0) is 4.74 Å². The second kappa shape index (κ2) is 5.48. The number of hydrogen-bond donors (Lipinski definition) is 2. The van der Waals surface area contributed by atoms with Crippen molar-refractivity contribution in [2.75, 3.05) is 38.6 Å². The monoisotopic (exact) mass is 258 g/mol. The van der Waals surface area contributed by atoms with E-state index in [1.165, 1.54) is 6.20 Å². The van der Waals surface area contributed by atoms with Gasteiger partial charge in [-0.1, -0.05) is 11.6 Å². The lowest BCUT2D eigenvalue weighted by atomic mass is 10.3. The van der Waals surface area contributed by atoms with Gasteiger partial charge < -0.3 is 15.0 Å². The summed E-state index contributed by atoms with van der Waals surface area (Å²) >= 11 is 5.84. The number of ether oxygens (including phenoxy) is 1. The summed E-state index contributed by atoms with van der Waals surface area (Å²) in [5.74, 6) is 0. The highest BCUT2D eigenvalue weighted by Gasteiger charge is 2.17. The number of aromatic nitrogens is 2. The summed E-state index contributed by atoms with van der Waals surface area (Å²) in [6.07, 6.45) is 1.60. The van der Waals surface area contributed by atoms with Gasteiger partial charge in [0.2, 0.25) is 0 Å². The lowest BCUT2D eigenvalue weighted by Gasteiger charge is -2.30. The van der Waals surface area contributed by atoms with Crippen LogP contribution in [0.4, 0.5) is 5.69 Å². The molecule has 2 rings (SSSR count). The van der Waals surface area contributed by atoms with E-state index in [1.807, 2.05) is 0 Å². The highest BCUT2D eigenvalue weighted by Crippen LogP contribution is 2.14. The van der Waals surface area contributed by atoms with Crippen LogP contribution >= 0.6 is 11.6 Å². The molecular weight excluding hydrogens is 244 g/mol. The number of aromatic amines is 1. The molecule has 0 bridgehead atoms. The summed E-state index contributed by atoms with van der Waals surface area (Å²) in [4.78, 5) is 13.4. The summed E-state index contributed by atoms with van der Waals surface area (Å²) in [5.41, 5.74) is 0.144. The van der Waals surface area contributed by atoms with E-state index < -0.39 is 5.56 Å². The second-order valence-electron chi connectivity index (χ2n) is 4.06. The van der Waals surface area contributed by atoms with Crippen LogP contribution in [0.1, 0.15) is 0 Å². The van der Waals surface area contributed by atoms with Gasteiger partial charge in [-0.2, -0.15) is 5.10 Å². The fourth-order valence-corrected chi connectivity index (χ4v) is 1.88. The molecule has 0 radical (unpaired) electrons. The zero-order chi connectivity index (χ0) is 12.3. The first-order valence-electron chi connectivity index (χ1n) is 5.44. The number of anilines is 1. The lowest BCUT2D eigenvalue weighted by Crippen LogP contribution is -2.43. The lowest BCUT2D eigenvalue weighted by molar-refractivity contribution is -0.0117. The normalized spacial score (nSPS) is 21.4. The third kappa shape index (κ3) is 3.18. The fraction of sp³-hybridized carbons (Fsp3) is 0.600. The van der Waals surface area contributed by atoms with E-state index in [1.54, 1.807) is 0 Å². The molecule has 1 unspecified atom stereocenters. The standard InChI is InChI=1S/C10H15ClN4O2/c1-15-2-3-17-7(6-15)4-12-8-5-13-14-10(16)9(8)11/h5,7H,2-4,6H2,1H3,(H2,12,14,16). The summed E-state index contributed by atoms with van der Waals surface area (Å²) in [6.45, 7) is 3.14. The topological polar surface area (TPSA) is 70.2 Å². The molecule has 1 atom stereocenters. The number of hydrogen-bond acceptors (Lipinski definition) is 5. The van der Waals surface area contributed by atoms with Crippen LogP contribution in [-0.4, -0.2) is 54.5 Å². The molecule has 2 N–H and O–H groups in total. The SMILES string of the molecule is CN1CCOC(CNc2cn[nH]c(=O)c2Cl)C1. The van der Waals surface area contributed by atoms with Crippen molar-refractivity contribution in [3.05, 3.63) is 21.6 Å². The molecule has 1 fully saturated rings. The molecule has 1 aliphatic heterocycles. The second-order valence-corrected chi connectivity index (χ2v) is 4.44. The molecule has 1 saturated heterocycles. The van der Waals surface area contributed by atoms with Gasteiger partial charge in [-0.05, 0) is 7.05 Å². The maximum atomic E-state index is 11.2. The maximum absolute atomic E-state index is 11.2. The van der Waals surface area contributed by atoms with Crippen molar-refractivity contribution in [3.8, 4) is 0 Å². The van der Waals surface area contributed by atoms with Gasteiger partial charge in [-0.3, -0.25) is 4.79 Å². The van der Waals surface area contributed by atoms with E-state index >= 15 is 0 Å². The van der Waals surface area contributed by atoms with Crippen LogP contribution in [0.15, 0.2) is 11.0 Å². The molecule has 94 valence electrons. The van der Waals surface area contributed by atoms with Crippen LogP contribution in [0.3, 0.4) is 0 Å². The minimum Gasteiger partial charge on any atom is -0.380 e. The maximum Gasteiger partial charge on any atom is 0.285 e. The Kier molecular flexibility index (Phi) is 3.98. The van der Waals surface area contributed by atoms with Crippen LogP contribution < -0.4 is 10.9 Å². The van der Waals surface area contributed by atoms with Crippen molar-refractivity contribution in [2.45, 2.75) is 6.10 Å².